The molecule has 0 aliphatic carbocycles. The van der Waals surface area contributed by atoms with E-state index in [-0.39, 0.29) is 0 Å². The fraction of sp³-hybridized carbons (Fsp3) is 0.500. The number of hydrogen-bond donors (Lipinski definition) is 0. The minimum Gasteiger partial charge on any atom is -0.494 e. The van der Waals surface area contributed by atoms with Gasteiger partial charge in [0.15, 0.2) is 0 Å². The molecule has 0 radical (unpaired) electrons. The average molecular weight is 378 g/mol. The van der Waals surface area contributed by atoms with Crippen LogP contribution in [0.15, 0.2) is 42.6 Å². The molecule has 2 nitrogen and oxygen atoms in total. The summed E-state index contributed by atoms with van der Waals surface area (Å²) in [5, 5.41) is 0. The standard InChI is InChI=1S/C26H35NO/c1-3-5-7-9-11-21-28-26-19-15-23(16-20-26)13-17-25-18-14-24(22-27-25)12-10-8-6-4-2/h14-16,18-20,22H,3-12,21H2,1-2H3. The molecule has 0 spiro atoms. The van der Waals surface area contributed by atoms with Crippen molar-refractivity contribution >= 4 is 0 Å². The van der Waals surface area contributed by atoms with Gasteiger partial charge < -0.3 is 4.74 Å². The maximum Gasteiger partial charge on any atom is 0.119 e. The minimum atomic E-state index is 0.795. The highest BCUT2D eigenvalue weighted by atomic mass is 16.5. The van der Waals surface area contributed by atoms with Crippen molar-refractivity contribution in [1.82, 2.24) is 4.98 Å². The highest BCUT2D eigenvalue weighted by molar-refractivity contribution is 5.42. The number of aryl methyl sites for hydroxylation is 1. The van der Waals surface area contributed by atoms with Crippen molar-refractivity contribution in [2.75, 3.05) is 6.61 Å². The van der Waals surface area contributed by atoms with E-state index in [1.165, 1.54) is 56.9 Å². The van der Waals surface area contributed by atoms with E-state index in [1.807, 2.05) is 36.5 Å². The predicted molar refractivity (Wildman–Crippen MR) is 119 cm³/mol. The van der Waals surface area contributed by atoms with E-state index >= 15 is 0 Å². The van der Waals surface area contributed by atoms with E-state index in [2.05, 4.69) is 36.7 Å². The molecule has 0 unspecified atom stereocenters. The summed E-state index contributed by atoms with van der Waals surface area (Å²) in [5.74, 6) is 7.27. The molecular weight excluding hydrogens is 342 g/mol. The van der Waals surface area contributed by atoms with E-state index in [1.54, 1.807) is 0 Å². The van der Waals surface area contributed by atoms with Gasteiger partial charge in [0, 0.05) is 11.8 Å². The van der Waals surface area contributed by atoms with Crippen molar-refractivity contribution in [3.8, 4) is 17.6 Å². The van der Waals surface area contributed by atoms with Crippen LogP contribution in [0.5, 0.6) is 5.75 Å². The summed E-state index contributed by atoms with van der Waals surface area (Å²) in [6.07, 6.45) is 14.5. The second kappa shape index (κ2) is 13.8. The molecule has 28 heavy (non-hydrogen) atoms. The van der Waals surface area contributed by atoms with Gasteiger partial charge in [-0.1, -0.05) is 70.8 Å². The zero-order chi connectivity index (χ0) is 19.9. The van der Waals surface area contributed by atoms with Crippen LogP contribution in [-0.4, -0.2) is 11.6 Å². The van der Waals surface area contributed by atoms with Gasteiger partial charge in [-0.3, -0.25) is 0 Å². The lowest BCUT2D eigenvalue weighted by atomic mass is 10.1. The van der Waals surface area contributed by atoms with Gasteiger partial charge in [0.25, 0.3) is 0 Å². The van der Waals surface area contributed by atoms with Crippen molar-refractivity contribution in [3.05, 3.63) is 59.4 Å². The molecule has 0 amide bonds. The van der Waals surface area contributed by atoms with Gasteiger partial charge in [-0.2, -0.15) is 0 Å². The van der Waals surface area contributed by atoms with Crippen LogP contribution in [-0.2, 0) is 6.42 Å². The molecule has 0 aliphatic heterocycles. The van der Waals surface area contributed by atoms with Gasteiger partial charge in [0.2, 0.25) is 0 Å². The highest BCUT2D eigenvalue weighted by Gasteiger charge is 1.97. The van der Waals surface area contributed by atoms with Crippen LogP contribution in [0.2, 0.25) is 0 Å². The molecule has 0 saturated heterocycles. The Morgan fingerprint density at radius 2 is 1.46 bits per heavy atom. The van der Waals surface area contributed by atoms with Gasteiger partial charge >= 0.3 is 0 Å². The number of ether oxygens (including phenoxy) is 1. The van der Waals surface area contributed by atoms with Crippen molar-refractivity contribution < 1.29 is 4.74 Å². The van der Waals surface area contributed by atoms with Crippen molar-refractivity contribution in [2.45, 2.75) is 78.1 Å². The minimum absolute atomic E-state index is 0.795. The quantitative estimate of drug-likeness (QED) is 0.295. The number of pyridine rings is 1. The Hall–Kier alpha value is -2.27. The van der Waals surface area contributed by atoms with Gasteiger partial charge in [0.05, 0.1) is 6.61 Å². The lowest BCUT2D eigenvalue weighted by Crippen LogP contribution is -1.97. The number of rotatable bonds is 12. The van der Waals surface area contributed by atoms with Crippen molar-refractivity contribution in [2.24, 2.45) is 0 Å². The highest BCUT2D eigenvalue weighted by Crippen LogP contribution is 2.13. The SMILES string of the molecule is CCCCCCCOc1ccc(C#Cc2ccc(CCCCCC)cn2)cc1. The molecule has 1 aromatic heterocycles. The van der Waals surface area contributed by atoms with Crippen LogP contribution in [0.3, 0.4) is 0 Å². The third kappa shape index (κ3) is 9.09. The van der Waals surface area contributed by atoms with E-state index < -0.39 is 0 Å². The first-order valence-corrected chi connectivity index (χ1v) is 11.0. The fourth-order valence-electron chi connectivity index (χ4n) is 3.07. The summed E-state index contributed by atoms with van der Waals surface area (Å²) in [7, 11) is 0. The molecule has 1 aromatic carbocycles. The summed E-state index contributed by atoms with van der Waals surface area (Å²) in [6.45, 7) is 5.27. The van der Waals surface area contributed by atoms with Gasteiger partial charge in [0.1, 0.15) is 11.4 Å². The second-order valence-corrected chi connectivity index (χ2v) is 7.40. The van der Waals surface area contributed by atoms with E-state index in [4.69, 9.17) is 4.74 Å². The topological polar surface area (TPSA) is 22.1 Å². The second-order valence-electron chi connectivity index (χ2n) is 7.40. The Morgan fingerprint density at radius 1 is 0.750 bits per heavy atom. The van der Waals surface area contributed by atoms with Crippen LogP contribution >= 0.6 is 0 Å². The summed E-state index contributed by atoms with van der Waals surface area (Å²) in [6, 6.07) is 12.2. The number of benzene rings is 1. The van der Waals surface area contributed by atoms with Gasteiger partial charge in [-0.25, -0.2) is 4.98 Å². The Morgan fingerprint density at radius 3 is 2.14 bits per heavy atom. The third-order valence-corrected chi connectivity index (χ3v) is 4.85. The number of hydrogen-bond acceptors (Lipinski definition) is 2. The summed E-state index contributed by atoms with van der Waals surface area (Å²) < 4.78 is 5.80. The Kier molecular flexibility index (Phi) is 10.9. The van der Waals surface area contributed by atoms with Gasteiger partial charge in [-0.15, -0.1) is 0 Å². The smallest absolute Gasteiger partial charge is 0.119 e. The normalized spacial score (nSPS) is 10.4. The molecular formula is C26H35NO. The average Bonchev–Trinajstić information content (AvgIpc) is 2.74. The molecule has 1 heterocycles. The number of aromatic nitrogens is 1. The molecule has 0 N–H and O–H groups in total. The Balaban J connectivity index is 1.75. The molecule has 150 valence electrons. The van der Waals surface area contributed by atoms with Crippen molar-refractivity contribution in [3.63, 3.8) is 0 Å². The number of nitrogens with zero attached hydrogens (tertiary/aromatic N) is 1. The van der Waals surface area contributed by atoms with Crippen molar-refractivity contribution in [1.29, 1.82) is 0 Å². The van der Waals surface area contributed by atoms with E-state index in [0.29, 0.717) is 0 Å². The lowest BCUT2D eigenvalue weighted by Gasteiger charge is -2.05. The first-order valence-electron chi connectivity index (χ1n) is 11.0. The zero-order valence-corrected chi connectivity index (χ0v) is 17.7. The van der Waals surface area contributed by atoms with Crippen LogP contribution in [0.25, 0.3) is 0 Å². The first-order chi connectivity index (χ1) is 13.8. The molecule has 0 fully saturated rings. The molecule has 2 aromatic rings. The maximum absolute atomic E-state index is 5.80. The lowest BCUT2D eigenvalue weighted by molar-refractivity contribution is 0.304. The summed E-state index contributed by atoms with van der Waals surface area (Å²) in [5.41, 5.74) is 3.11. The molecule has 0 atom stereocenters. The summed E-state index contributed by atoms with van der Waals surface area (Å²) in [4.78, 5) is 4.48. The van der Waals surface area contributed by atoms with Crippen LogP contribution in [0.1, 0.15) is 88.5 Å². The predicted octanol–water partition coefficient (Wildman–Crippen LogP) is 6.95. The monoisotopic (exact) mass is 377 g/mol. The molecule has 2 rings (SSSR count). The van der Waals surface area contributed by atoms with E-state index in [9.17, 15) is 0 Å². The van der Waals surface area contributed by atoms with Crippen LogP contribution in [0.4, 0.5) is 0 Å². The van der Waals surface area contributed by atoms with Crippen LogP contribution in [0, 0.1) is 11.8 Å². The maximum atomic E-state index is 5.80. The molecule has 2 heteroatoms. The van der Waals surface area contributed by atoms with E-state index in [0.717, 1.165) is 36.5 Å². The number of unbranched alkanes of at least 4 members (excludes halogenated alkanes) is 7. The first kappa shape index (κ1) is 22.0. The molecule has 0 aliphatic rings. The molecule has 0 saturated carbocycles. The Bertz CT molecular complexity index is 707. The largest absolute Gasteiger partial charge is 0.494 e. The summed E-state index contributed by atoms with van der Waals surface area (Å²) >= 11 is 0. The van der Waals surface area contributed by atoms with Crippen LogP contribution < -0.4 is 4.74 Å². The van der Waals surface area contributed by atoms with Gasteiger partial charge in [-0.05, 0) is 61.1 Å². The zero-order valence-electron chi connectivity index (χ0n) is 17.7. The third-order valence-electron chi connectivity index (χ3n) is 4.85. The fourth-order valence-corrected chi connectivity index (χ4v) is 3.07. The molecule has 0 bridgehead atoms. The Labute approximate surface area is 171 Å².